The van der Waals surface area contributed by atoms with Crippen molar-refractivity contribution in [3.05, 3.63) is 0 Å². The molecule has 14 heavy (non-hydrogen) atoms. The van der Waals surface area contributed by atoms with Crippen molar-refractivity contribution in [2.45, 2.75) is 44.5 Å². The Hall–Kier alpha value is 0.200. The Morgan fingerprint density at radius 1 is 1.29 bits per heavy atom. The SMILES string of the molecule is CCN(CC)C(=O)CC(I)CC(C)C. The fraction of sp³-hybridized carbons (Fsp3) is 0.909. The maximum atomic E-state index is 11.7. The van der Waals surface area contributed by atoms with E-state index in [0.29, 0.717) is 22.2 Å². The molecule has 84 valence electrons. The molecule has 1 unspecified atom stereocenters. The first-order valence-corrected chi connectivity index (χ1v) is 6.67. The zero-order chi connectivity index (χ0) is 11.1. The molecule has 0 radical (unpaired) electrons. The molecule has 0 saturated heterocycles. The zero-order valence-corrected chi connectivity index (χ0v) is 11.9. The highest BCUT2D eigenvalue weighted by molar-refractivity contribution is 14.1. The van der Waals surface area contributed by atoms with Crippen LogP contribution in [0.4, 0.5) is 0 Å². The molecule has 0 aromatic rings. The summed E-state index contributed by atoms with van der Waals surface area (Å²) in [6, 6.07) is 0. The third kappa shape index (κ3) is 5.83. The van der Waals surface area contributed by atoms with Crippen LogP contribution in [0.25, 0.3) is 0 Å². The maximum Gasteiger partial charge on any atom is 0.223 e. The summed E-state index contributed by atoms with van der Waals surface area (Å²) in [4.78, 5) is 13.6. The van der Waals surface area contributed by atoms with E-state index in [4.69, 9.17) is 0 Å². The highest BCUT2D eigenvalue weighted by Crippen LogP contribution is 2.17. The summed E-state index contributed by atoms with van der Waals surface area (Å²) in [5.41, 5.74) is 0. The first kappa shape index (κ1) is 14.2. The number of amides is 1. The van der Waals surface area contributed by atoms with Gasteiger partial charge < -0.3 is 4.90 Å². The van der Waals surface area contributed by atoms with E-state index >= 15 is 0 Å². The van der Waals surface area contributed by atoms with Gasteiger partial charge in [0.05, 0.1) is 0 Å². The average Bonchev–Trinajstić information content (AvgIpc) is 2.04. The van der Waals surface area contributed by atoms with E-state index in [1.54, 1.807) is 0 Å². The topological polar surface area (TPSA) is 20.3 Å². The molecule has 0 aromatic carbocycles. The number of halogens is 1. The van der Waals surface area contributed by atoms with Crippen LogP contribution in [0.15, 0.2) is 0 Å². The van der Waals surface area contributed by atoms with Crippen LogP contribution in [-0.4, -0.2) is 27.8 Å². The Balaban J connectivity index is 3.91. The minimum atomic E-state index is 0.301. The highest BCUT2D eigenvalue weighted by Gasteiger charge is 2.15. The molecule has 0 aliphatic heterocycles. The summed E-state index contributed by atoms with van der Waals surface area (Å²) in [7, 11) is 0. The van der Waals surface area contributed by atoms with Crippen LogP contribution in [-0.2, 0) is 4.79 Å². The third-order valence-corrected chi connectivity index (χ3v) is 3.19. The summed E-state index contributed by atoms with van der Waals surface area (Å²) in [6.45, 7) is 10.1. The van der Waals surface area contributed by atoms with E-state index in [-0.39, 0.29) is 0 Å². The predicted octanol–water partition coefficient (Wildman–Crippen LogP) is 3.09. The monoisotopic (exact) mass is 311 g/mol. The minimum Gasteiger partial charge on any atom is -0.343 e. The highest BCUT2D eigenvalue weighted by atomic mass is 127. The standard InChI is InChI=1S/C11H22INO/c1-5-13(6-2)11(14)8-10(12)7-9(3)4/h9-10H,5-8H2,1-4H3. The largest absolute Gasteiger partial charge is 0.343 e. The Bertz CT molecular complexity index is 167. The van der Waals surface area contributed by atoms with Crippen molar-refractivity contribution in [2.75, 3.05) is 13.1 Å². The Labute approximate surface area is 102 Å². The molecule has 0 aromatic heterocycles. The van der Waals surface area contributed by atoms with E-state index in [1.165, 1.54) is 0 Å². The van der Waals surface area contributed by atoms with E-state index < -0.39 is 0 Å². The number of hydrogen-bond donors (Lipinski definition) is 0. The van der Waals surface area contributed by atoms with Crippen LogP contribution >= 0.6 is 22.6 Å². The molecular formula is C11H22INO. The molecule has 2 nitrogen and oxygen atoms in total. The van der Waals surface area contributed by atoms with Gasteiger partial charge in [-0.05, 0) is 26.2 Å². The van der Waals surface area contributed by atoms with Gasteiger partial charge in [-0.3, -0.25) is 4.79 Å². The first-order valence-electron chi connectivity index (χ1n) is 5.43. The van der Waals surface area contributed by atoms with Gasteiger partial charge in [0.1, 0.15) is 0 Å². The van der Waals surface area contributed by atoms with Crippen LogP contribution in [0.3, 0.4) is 0 Å². The Kier molecular flexibility index (Phi) is 7.59. The number of rotatable bonds is 6. The lowest BCUT2D eigenvalue weighted by atomic mass is 10.1. The van der Waals surface area contributed by atoms with Crippen LogP contribution in [0, 0.1) is 5.92 Å². The first-order chi connectivity index (χ1) is 6.51. The molecule has 0 aliphatic rings. The van der Waals surface area contributed by atoms with Gasteiger partial charge in [-0.15, -0.1) is 0 Å². The van der Waals surface area contributed by atoms with Crippen molar-refractivity contribution in [1.82, 2.24) is 4.90 Å². The maximum absolute atomic E-state index is 11.7. The van der Waals surface area contributed by atoms with Gasteiger partial charge in [-0.1, -0.05) is 36.4 Å². The van der Waals surface area contributed by atoms with Gasteiger partial charge in [0.15, 0.2) is 0 Å². The number of carbonyl (C=O) groups is 1. The summed E-state index contributed by atoms with van der Waals surface area (Å²) in [5, 5.41) is 0. The predicted molar refractivity (Wildman–Crippen MR) is 69.8 cm³/mol. The fourth-order valence-electron chi connectivity index (χ4n) is 1.49. The molecular weight excluding hydrogens is 289 g/mol. The summed E-state index contributed by atoms with van der Waals surface area (Å²) >= 11 is 2.39. The van der Waals surface area contributed by atoms with Crippen molar-refractivity contribution in [1.29, 1.82) is 0 Å². The van der Waals surface area contributed by atoms with Crippen molar-refractivity contribution in [3.63, 3.8) is 0 Å². The number of alkyl halides is 1. The number of hydrogen-bond acceptors (Lipinski definition) is 1. The van der Waals surface area contributed by atoms with E-state index in [2.05, 4.69) is 36.4 Å². The fourth-order valence-corrected chi connectivity index (χ4v) is 2.88. The molecule has 1 atom stereocenters. The van der Waals surface area contributed by atoms with Crippen LogP contribution in [0.1, 0.15) is 40.5 Å². The molecule has 0 saturated carbocycles. The normalized spacial score (nSPS) is 13.0. The molecule has 0 fully saturated rings. The molecule has 0 spiro atoms. The third-order valence-electron chi connectivity index (χ3n) is 2.24. The molecule has 0 bridgehead atoms. The lowest BCUT2D eigenvalue weighted by Crippen LogP contribution is -2.32. The number of nitrogens with zero attached hydrogens (tertiary/aromatic N) is 1. The summed E-state index contributed by atoms with van der Waals surface area (Å²) < 4.78 is 0.487. The zero-order valence-electron chi connectivity index (χ0n) is 9.72. The molecule has 1 amide bonds. The van der Waals surface area contributed by atoms with Crippen molar-refractivity contribution in [2.24, 2.45) is 5.92 Å². The Morgan fingerprint density at radius 2 is 1.79 bits per heavy atom. The molecule has 0 aliphatic carbocycles. The van der Waals surface area contributed by atoms with Crippen molar-refractivity contribution in [3.8, 4) is 0 Å². The van der Waals surface area contributed by atoms with Gasteiger partial charge in [-0.25, -0.2) is 0 Å². The lowest BCUT2D eigenvalue weighted by Gasteiger charge is -2.20. The van der Waals surface area contributed by atoms with Crippen molar-refractivity contribution < 1.29 is 4.79 Å². The van der Waals surface area contributed by atoms with E-state index in [9.17, 15) is 4.79 Å². The van der Waals surface area contributed by atoms with Crippen molar-refractivity contribution >= 4 is 28.5 Å². The second-order valence-corrected chi connectivity index (χ2v) is 5.76. The van der Waals surface area contributed by atoms with Crippen LogP contribution in [0.2, 0.25) is 0 Å². The van der Waals surface area contributed by atoms with Gasteiger partial charge in [0, 0.05) is 23.4 Å². The molecule has 3 heteroatoms. The van der Waals surface area contributed by atoms with Gasteiger partial charge in [0.25, 0.3) is 0 Å². The van der Waals surface area contributed by atoms with Gasteiger partial charge in [0.2, 0.25) is 5.91 Å². The minimum absolute atomic E-state index is 0.301. The van der Waals surface area contributed by atoms with Crippen LogP contribution < -0.4 is 0 Å². The second-order valence-electron chi connectivity index (χ2n) is 4.00. The summed E-state index contributed by atoms with van der Waals surface area (Å²) in [6.07, 6.45) is 1.83. The van der Waals surface area contributed by atoms with E-state index in [0.717, 1.165) is 19.5 Å². The number of carbonyl (C=O) groups excluding carboxylic acids is 1. The quantitative estimate of drug-likeness (QED) is 0.545. The second kappa shape index (κ2) is 7.49. The van der Waals surface area contributed by atoms with Crippen LogP contribution in [0.5, 0.6) is 0 Å². The molecule has 0 N–H and O–H groups in total. The van der Waals surface area contributed by atoms with E-state index in [1.807, 2.05) is 18.7 Å². The van der Waals surface area contributed by atoms with Gasteiger partial charge in [-0.2, -0.15) is 0 Å². The average molecular weight is 311 g/mol. The molecule has 0 heterocycles. The smallest absolute Gasteiger partial charge is 0.223 e. The lowest BCUT2D eigenvalue weighted by molar-refractivity contribution is -0.130. The van der Waals surface area contributed by atoms with Gasteiger partial charge >= 0.3 is 0 Å². The summed E-state index contributed by atoms with van der Waals surface area (Å²) in [5.74, 6) is 0.983. The molecule has 0 rings (SSSR count). The Morgan fingerprint density at radius 3 is 2.14 bits per heavy atom.